The topological polar surface area (TPSA) is 35.5 Å². The molecule has 86 valence electrons. The molecule has 0 bridgehead atoms. The summed E-state index contributed by atoms with van der Waals surface area (Å²) in [6, 6.07) is 0. The fraction of sp³-hybridized carbons (Fsp3) is 0.750. The molecule has 0 aliphatic carbocycles. The predicted octanol–water partition coefficient (Wildman–Crippen LogP) is 2.45. The Balaban J connectivity index is 2.27. The Morgan fingerprint density at radius 1 is 1.53 bits per heavy atom. The van der Waals surface area contributed by atoms with Crippen LogP contribution in [0, 0.1) is 0 Å². The lowest BCUT2D eigenvalue weighted by Crippen LogP contribution is -2.28. The van der Waals surface area contributed by atoms with Crippen LogP contribution in [0.15, 0.2) is 12.7 Å². The number of ether oxygens (including phenoxy) is 2. The van der Waals surface area contributed by atoms with Crippen LogP contribution in [0.2, 0.25) is 0 Å². The molecule has 0 aromatic carbocycles. The van der Waals surface area contributed by atoms with Crippen molar-refractivity contribution in [1.29, 1.82) is 0 Å². The van der Waals surface area contributed by atoms with Gasteiger partial charge in [0.1, 0.15) is 6.29 Å². The van der Waals surface area contributed by atoms with Crippen LogP contribution in [0.1, 0.15) is 38.5 Å². The first-order valence-corrected chi connectivity index (χ1v) is 5.68. The molecule has 0 aromatic rings. The zero-order chi connectivity index (χ0) is 10.9. The van der Waals surface area contributed by atoms with E-state index in [9.17, 15) is 4.79 Å². The molecule has 0 N–H and O–H groups in total. The van der Waals surface area contributed by atoms with E-state index in [-0.39, 0.29) is 12.4 Å². The average molecular weight is 212 g/mol. The van der Waals surface area contributed by atoms with Gasteiger partial charge in [0.2, 0.25) is 0 Å². The van der Waals surface area contributed by atoms with Crippen LogP contribution in [0.3, 0.4) is 0 Å². The van der Waals surface area contributed by atoms with Crippen LogP contribution in [0.4, 0.5) is 0 Å². The minimum absolute atomic E-state index is 0.0106. The van der Waals surface area contributed by atoms with Crippen molar-refractivity contribution >= 4 is 6.29 Å². The maximum atomic E-state index is 10.5. The van der Waals surface area contributed by atoms with Crippen LogP contribution in [-0.4, -0.2) is 25.3 Å². The molecular weight excluding hydrogens is 192 g/mol. The first kappa shape index (κ1) is 12.4. The van der Waals surface area contributed by atoms with E-state index in [0.29, 0.717) is 6.42 Å². The summed E-state index contributed by atoms with van der Waals surface area (Å²) < 4.78 is 11.2. The van der Waals surface area contributed by atoms with Crippen molar-refractivity contribution < 1.29 is 14.3 Å². The minimum Gasteiger partial charge on any atom is -0.353 e. The zero-order valence-electron chi connectivity index (χ0n) is 9.19. The summed E-state index contributed by atoms with van der Waals surface area (Å²) >= 11 is 0. The Labute approximate surface area is 91.4 Å². The molecule has 1 rings (SSSR count). The Morgan fingerprint density at radius 3 is 3.00 bits per heavy atom. The number of allylic oxidation sites excluding steroid dienone is 1. The maximum absolute atomic E-state index is 10.5. The molecule has 0 amide bonds. The fourth-order valence-electron chi connectivity index (χ4n) is 1.69. The molecule has 0 aromatic heterocycles. The van der Waals surface area contributed by atoms with E-state index in [0.717, 1.165) is 45.0 Å². The standard InChI is InChI=1S/C12H20O3/c1-2-3-6-11(8-9-13)15-12-7-4-5-10-14-12/h2,9,11-12H,1,3-8,10H2/t11-,12?/m1/s1. The van der Waals surface area contributed by atoms with Crippen LogP contribution in [-0.2, 0) is 14.3 Å². The molecule has 0 radical (unpaired) electrons. The van der Waals surface area contributed by atoms with Crippen LogP contribution in [0.5, 0.6) is 0 Å². The molecule has 1 saturated heterocycles. The molecule has 1 fully saturated rings. The Bertz CT molecular complexity index is 185. The Kier molecular flexibility index (Phi) is 6.28. The van der Waals surface area contributed by atoms with Crippen molar-refractivity contribution in [1.82, 2.24) is 0 Å². The summed E-state index contributed by atoms with van der Waals surface area (Å²) in [5.41, 5.74) is 0. The van der Waals surface area contributed by atoms with Gasteiger partial charge in [0.05, 0.1) is 6.10 Å². The van der Waals surface area contributed by atoms with Gasteiger partial charge in [0.15, 0.2) is 6.29 Å². The summed E-state index contributed by atoms with van der Waals surface area (Å²) in [4.78, 5) is 10.5. The first-order valence-electron chi connectivity index (χ1n) is 5.68. The van der Waals surface area contributed by atoms with E-state index in [4.69, 9.17) is 9.47 Å². The van der Waals surface area contributed by atoms with Gasteiger partial charge >= 0.3 is 0 Å². The van der Waals surface area contributed by atoms with Gasteiger partial charge in [0, 0.05) is 13.0 Å². The molecule has 2 atom stereocenters. The van der Waals surface area contributed by atoms with Gasteiger partial charge in [-0.05, 0) is 32.1 Å². The Morgan fingerprint density at radius 2 is 2.40 bits per heavy atom. The van der Waals surface area contributed by atoms with Crippen molar-refractivity contribution in [3.8, 4) is 0 Å². The van der Waals surface area contributed by atoms with E-state index < -0.39 is 0 Å². The SMILES string of the molecule is C=CCC[C@H](CC=O)OC1CCCCO1. The quantitative estimate of drug-likeness (QED) is 0.480. The van der Waals surface area contributed by atoms with Gasteiger partial charge in [-0.25, -0.2) is 0 Å². The molecule has 0 spiro atoms. The van der Waals surface area contributed by atoms with Crippen LogP contribution >= 0.6 is 0 Å². The van der Waals surface area contributed by atoms with Gasteiger partial charge in [-0.15, -0.1) is 6.58 Å². The van der Waals surface area contributed by atoms with Gasteiger partial charge in [-0.2, -0.15) is 0 Å². The summed E-state index contributed by atoms with van der Waals surface area (Å²) in [5, 5.41) is 0. The Hall–Kier alpha value is -0.670. The van der Waals surface area contributed by atoms with Crippen molar-refractivity contribution in [3.05, 3.63) is 12.7 Å². The zero-order valence-corrected chi connectivity index (χ0v) is 9.19. The van der Waals surface area contributed by atoms with Crippen molar-refractivity contribution in [3.63, 3.8) is 0 Å². The van der Waals surface area contributed by atoms with Crippen molar-refractivity contribution in [2.75, 3.05) is 6.61 Å². The molecule has 3 nitrogen and oxygen atoms in total. The summed E-state index contributed by atoms with van der Waals surface area (Å²) in [7, 11) is 0. The lowest BCUT2D eigenvalue weighted by molar-refractivity contribution is -0.189. The monoisotopic (exact) mass is 212 g/mol. The van der Waals surface area contributed by atoms with Crippen LogP contribution < -0.4 is 0 Å². The minimum atomic E-state index is -0.103. The number of aldehydes is 1. The molecule has 3 heteroatoms. The van der Waals surface area contributed by atoms with Gasteiger partial charge in [-0.3, -0.25) is 0 Å². The second-order valence-electron chi connectivity index (χ2n) is 3.82. The number of carbonyl (C=O) groups is 1. The first-order chi connectivity index (χ1) is 7.36. The van der Waals surface area contributed by atoms with Crippen molar-refractivity contribution in [2.24, 2.45) is 0 Å². The molecule has 1 unspecified atom stereocenters. The predicted molar refractivity (Wildman–Crippen MR) is 58.6 cm³/mol. The molecule has 1 aliphatic heterocycles. The molecule has 0 saturated carbocycles. The highest BCUT2D eigenvalue weighted by Gasteiger charge is 2.18. The smallest absolute Gasteiger partial charge is 0.157 e. The summed E-state index contributed by atoms with van der Waals surface area (Å²) in [6.45, 7) is 4.44. The normalized spacial score (nSPS) is 23.3. The maximum Gasteiger partial charge on any atom is 0.157 e. The average Bonchev–Trinajstić information content (AvgIpc) is 2.28. The van der Waals surface area contributed by atoms with E-state index >= 15 is 0 Å². The van der Waals surface area contributed by atoms with E-state index in [2.05, 4.69) is 6.58 Å². The highest BCUT2D eigenvalue weighted by molar-refractivity contribution is 5.50. The highest BCUT2D eigenvalue weighted by Crippen LogP contribution is 2.18. The lowest BCUT2D eigenvalue weighted by Gasteiger charge is -2.26. The van der Waals surface area contributed by atoms with E-state index in [1.54, 1.807) is 0 Å². The molecular formula is C12H20O3. The fourth-order valence-corrected chi connectivity index (χ4v) is 1.69. The lowest BCUT2D eigenvalue weighted by atomic mass is 10.1. The van der Waals surface area contributed by atoms with Gasteiger partial charge in [0.25, 0.3) is 0 Å². The van der Waals surface area contributed by atoms with E-state index in [1.165, 1.54) is 0 Å². The number of carbonyl (C=O) groups excluding carboxylic acids is 1. The largest absolute Gasteiger partial charge is 0.353 e. The number of rotatable bonds is 7. The van der Waals surface area contributed by atoms with E-state index in [1.807, 2.05) is 6.08 Å². The highest BCUT2D eigenvalue weighted by atomic mass is 16.7. The molecule has 1 aliphatic rings. The number of hydrogen-bond donors (Lipinski definition) is 0. The summed E-state index contributed by atoms with van der Waals surface area (Å²) in [6.07, 6.45) is 8.05. The van der Waals surface area contributed by atoms with Gasteiger partial charge < -0.3 is 14.3 Å². The van der Waals surface area contributed by atoms with Crippen LogP contribution in [0.25, 0.3) is 0 Å². The van der Waals surface area contributed by atoms with Gasteiger partial charge in [-0.1, -0.05) is 6.08 Å². The second kappa shape index (κ2) is 7.60. The molecule has 1 heterocycles. The van der Waals surface area contributed by atoms with Crippen molar-refractivity contribution in [2.45, 2.75) is 50.9 Å². The molecule has 15 heavy (non-hydrogen) atoms. The third kappa shape index (κ3) is 5.09. The second-order valence-corrected chi connectivity index (χ2v) is 3.82. The third-order valence-electron chi connectivity index (χ3n) is 2.53. The number of hydrogen-bond acceptors (Lipinski definition) is 3. The third-order valence-corrected chi connectivity index (χ3v) is 2.53. The summed E-state index contributed by atoms with van der Waals surface area (Å²) in [5.74, 6) is 0.